The molecule has 0 unspecified atom stereocenters. The number of hydrogen-bond acceptors (Lipinski definition) is 2. The van der Waals surface area contributed by atoms with Crippen molar-refractivity contribution in [3.05, 3.63) is 89.5 Å². The normalized spacial score (nSPS) is 10.4. The number of rotatable bonds is 4. The smallest absolute Gasteiger partial charge is 0.0689 e. The van der Waals surface area contributed by atoms with Crippen LogP contribution in [0.4, 0.5) is 17.1 Å². The van der Waals surface area contributed by atoms with Gasteiger partial charge < -0.3 is 0 Å². The number of hydrogen-bond donors (Lipinski definition) is 1. The van der Waals surface area contributed by atoms with Gasteiger partial charge in [0.1, 0.15) is 0 Å². The molecular weight excluding hydrogens is 280 g/mol. The van der Waals surface area contributed by atoms with Crippen LogP contribution in [0.1, 0.15) is 16.7 Å². The minimum absolute atomic E-state index is 1.07. The van der Waals surface area contributed by atoms with Crippen LogP contribution in [0, 0.1) is 20.8 Å². The van der Waals surface area contributed by atoms with Crippen molar-refractivity contribution in [1.29, 1.82) is 0 Å². The predicted molar refractivity (Wildman–Crippen MR) is 99.3 cm³/mol. The molecule has 0 spiro atoms. The minimum atomic E-state index is 1.07. The first-order valence-electron chi connectivity index (χ1n) is 7.90. The zero-order valence-corrected chi connectivity index (χ0v) is 13.9. The molecule has 0 heterocycles. The maximum absolute atomic E-state index is 3.55. The first-order chi connectivity index (χ1) is 11.1. The average Bonchev–Trinajstić information content (AvgIpc) is 2.55. The van der Waals surface area contributed by atoms with Gasteiger partial charge in [-0.1, -0.05) is 54.1 Å². The topological polar surface area (TPSA) is 15.3 Å². The van der Waals surface area contributed by atoms with Crippen LogP contribution in [0.2, 0.25) is 0 Å². The van der Waals surface area contributed by atoms with Gasteiger partial charge in [-0.3, -0.25) is 10.4 Å². The van der Waals surface area contributed by atoms with E-state index in [1.165, 1.54) is 22.4 Å². The summed E-state index contributed by atoms with van der Waals surface area (Å²) in [5.74, 6) is 0. The molecular formula is C21H22N2. The third kappa shape index (κ3) is 3.37. The molecule has 0 aliphatic carbocycles. The van der Waals surface area contributed by atoms with Crippen molar-refractivity contribution in [3.8, 4) is 0 Å². The van der Waals surface area contributed by atoms with E-state index in [1.54, 1.807) is 0 Å². The van der Waals surface area contributed by atoms with Crippen LogP contribution in [0.3, 0.4) is 0 Å². The van der Waals surface area contributed by atoms with E-state index in [9.17, 15) is 0 Å². The zero-order valence-electron chi connectivity index (χ0n) is 13.9. The van der Waals surface area contributed by atoms with E-state index >= 15 is 0 Å². The lowest BCUT2D eigenvalue weighted by Crippen LogP contribution is -2.26. The Morgan fingerprint density at radius 2 is 1.22 bits per heavy atom. The monoisotopic (exact) mass is 302 g/mol. The Balaban J connectivity index is 2.09. The Morgan fingerprint density at radius 3 is 1.78 bits per heavy atom. The second-order valence-corrected chi connectivity index (χ2v) is 5.90. The largest absolute Gasteiger partial charge is 0.294 e. The Labute approximate surface area is 138 Å². The highest BCUT2D eigenvalue weighted by Crippen LogP contribution is 2.32. The number of hydrazine groups is 1. The van der Waals surface area contributed by atoms with Crippen molar-refractivity contribution in [2.45, 2.75) is 20.8 Å². The van der Waals surface area contributed by atoms with Gasteiger partial charge in [-0.15, -0.1) is 0 Å². The molecule has 0 aliphatic rings. The number of aryl methyl sites for hydroxylation is 3. The summed E-state index contributed by atoms with van der Waals surface area (Å²) in [6.07, 6.45) is 0. The summed E-state index contributed by atoms with van der Waals surface area (Å²) in [5, 5.41) is 2.17. The van der Waals surface area contributed by atoms with Crippen molar-refractivity contribution >= 4 is 17.1 Å². The van der Waals surface area contributed by atoms with E-state index in [0.29, 0.717) is 0 Å². The molecule has 0 fully saturated rings. The van der Waals surface area contributed by atoms with Gasteiger partial charge in [0.25, 0.3) is 0 Å². The Kier molecular flexibility index (Phi) is 4.33. The molecule has 2 nitrogen and oxygen atoms in total. The highest BCUT2D eigenvalue weighted by Gasteiger charge is 2.15. The lowest BCUT2D eigenvalue weighted by molar-refractivity contribution is 1.12. The molecule has 0 radical (unpaired) electrons. The molecule has 1 N–H and O–H groups in total. The maximum atomic E-state index is 3.55. The van der Waals surface area contributed by atoms with Crippen LogP contribution in [0.15, 0.2) is 72.8 Å². The first kappa shape index (κ1) is 15.2. The molecule has 2 heteroatoms. The van der Waals surface area contributed by atoms with E-state index in [1.807, 2.05) is 24.3 Å². The summed E-state index contributed by atoms with van der Waals surface area (Å²) in [6.45, 7) is 6.47. The quantitative estimate of drug-likeness (QED) is 0.615. The summed E-state index contributed by atoms with van der Waals surface area (Å²) >= 11 is 0. The number of nitrogens with one attached hydrogen (secondary N) is 1. The molecule has 116 valence electrons. The molecule has 0 atom stereocenters. The highest BCUT2D eigenvalue weighted by molar-refractivity contribution is 5.73. The van der Waals surface area contributed by atoms with Gasteiger partial charge in [0.05, 0.1) is 17.1 Å². The summed E-state index contributed by atoms with van der Waals surface area (Å²) in [7, 11) is 0. The van der Waals surface area contributed by atoms with Crippen LogP contribution >= 0.6 is 0 Å². The molecule has 0 amide bonds. The fraction of sp³-hybridized carbons (Fsp3) is 0.143. The lowest BCUT2D eigenvalue weighted by Gasteiger charge is -2.30. The van der Waals surface area contributed by atoms with Crippen molar-refractivity contribution in [1.82, 2.24) is 0 Å². The molecule has 3 aromatic rings. The van der Waals surface area contributed by atoms with Crippen molar-refractivity contribution in [2.24, 2.45) is 0 Å². The van der Waals surface area contributed by atoms with Gasteiger partial charge in [-0.2, -0.15) is 0 Å². The number of para-hydroxylation sites is 2. The lowest BCUT2D eigenvalue weighted by atomic mass is 10.0. The second-order valence-electron chi connectivity index (χ2n) is 5.90. The first-order valence-corrected chi connectivity index (χ1v) is 7.90. The molecule has 0 aliphatic heterocycles. The summed E-state index contributed by atoms with van der Waals surface area (Å²) < 4.78 is 0. The number of anilines is 3. The second kappa shape index (κ2) is 6.57. The van der Waals surface area contributed by atoms with Crippen molar-refractivity contribution in [3.63, 3.8) is 0 Å². The van der Waals surface area contributed by atoms with Crippen LogP contribution in [0.5, 0.6) is 0 Å². The summed E-state index contributed by atoms with van der Waals surface area (Å²) in [5.41, 5.74) is 10.7. The van der Waals surface area contributed by atoms with Gasteiger partial charge in [0.2, 0.25) is 0 Å². The fourth-order valence-electron chi connectivity index (χ4n) is 2.99. The third-order valence-corrected chi connectivity index (χ3v) is 3.89. The molecule has 0 saturated heterocycles. The molecule has 3 aromatic carbocycles. The summed E-state index contributed by atoms with van der Waals surface area (Å²) in [6, 6.07) is 25.1. The SMILES string of the molecule is Cc1cc(C)c(N(Nc2ccccc2)c2ccccc2)c(C)c1. The van der Waals surface area contributed by atoms with Crippen LogP contribution < -0.4 is 10.4 Å². The van der Waals surface area contributed by atoms with E-state index in [-0.39, 0.29) is 0 Å². The van der Waals surface area contributed by atoms with Gasteiger partial charge in [0, 0.05) is 0 Å². The van der Waals surface area contributed by atoms with E-state index in [4.69, 9.17) is 0 Å². The third-order valence-electron chi connectivity index (χ3n) is 3.89. The van der Waals surface area contributed by atoms with E-state index in [2.05, 4.69) is 79.7 Å². The Bertz CT molecular complexity index is 756. The van der Waals surface area contributed by atoms with Crippen LogP contribution in [0.25, 0.3) is 0 Å². The molecule has 0 bridgehead atoms. The molecule has 23 heavy (non-hydrogen) atoms. The van der Waals surface area contributed by atoms with E-state index < -0.39 is 0 Å². The van der Waals surface area contributed by atoms with Gasteiger partial charge in [-0.25, -0.2) is 0 Å². The number of nitrogens with zero attached hydrogens (tertiary/aromatic N) is 1. The highest BCUT2D eigenvalue weighted by atomic mass is 15.5. The van der Waals surface area contributed by atoms with E-state index in [0.717, 1.165) is 11.4 Å². The van der Waals surface area contributed by atoms with Crippen LogP contribution in [-0.4, -0.2) is 0 Å². The Morgan fingerprint density at radius 1 is 0.696 bits per heavy atom. The fourth-order valence-corrected chi connectivity index (χ4v) is 2.99. The minimum Gasteiger partial charge on any atom is -0.294 e. The molecule has 0 saturated carbocycles. The average molecular weight is 302 g/mol. The molecule has 3 rings (SSSR count). The Hall–Kier alpha value is -2.74. The zero-order chi connectivity index (χ0) is 16.2. The van der Waals surface area contributed by atoms with Gasteiger partial charge in [-0.05, 0) is 56.2 Å². The number of benzene rings is 3. The predicted octanol–water partition coefficient (Wildman–Crippen LogP) is 5.78. The standard InChI is InChI=1S/C21H22N2/c1-16-14-17(2)21(18(3)15-16)23(20-12-8-5-9-13-20)22-19-10-6-4-7-11-19/h4-15,22H,1-3H3. The molecule has 0 aromatic heterocycles. The van der Waals surface area contributed by atoms with Crippen LogP contribution in [-0.2, 0) is 0 Å². The van der Waals surface area contributed by atoms with Gasteiger partial charge >= 0.3 is 0 Å². The summed E-state index contributed by atoms with van der Waals surface area (Å²) in [4.78, 5) is 0. The van der Waals surface area contributed by atoms with Gasteiger partial charge in [0.15, 0.2) is 0 Å². The van der Waals surface area contributed by atoms with Crippen molar-refractivity contribution in [2.75, 3.05) is 10.4 Å². The van der Waals surface area contributed by atoms with Crippen molar-refractivity contribution < 1.29 is 0 Å². The maximum Gasteiger partial charge on any atom is 0.0689 e.